The maximum Gasteiger partial charge on any atom is 0.0445 e. The molecule has 0 aliphatic carbocycles. The van der Waals surface area contributed by atoms with Crippen LogP contribution in [0.3, 0.4) is 0 Å². The lowest BCUT2D eigenvalue weighted by Gasteiger charge is -2.35. The average Bonchev–Trinajstić information content (AvgIpc) is 2.39. The summed E-state index contributed by atoms with van der Waals surface area (Å²) in [6.07, 6.45) is 5.87. The molecule has 0 saturated carbocycles. The average molecular weight is 233 g/mol. The highest BCUT2D eigenvalue weighted by atomic mass is 15.1. The number of nitrogens with zero attached hydrogens (tertiary/aromatic N) is 2. The molecule has 0 spiro atoms. The van der Waals surface area contributed by atoms with Crippen LogP contribution in [-0.4, -0.2) is 18.1 Å². The zero-order valence-corrected chi connectivity index (χ0v) is 10.9. The van der Waals surface area contributed by atoms with Gasteiger partial charge in [0.15, 0.2) is 0 Å². The third-order valence-corrected chi connectivity index (χ3v) is 3.76. The van der Waals surface area contributed by atoms with E-state index in [0.717, 1.165) is 18.2 Å². The van der Waals surface area contributed by atoms with E-state index in [1.165, 1.54) is 37.1 Å². The molecule has 0 aromatic carbocycles. The highest BCUT2D eigenvalue weighted by Crippen LogP contribution is 2.27. The van der Waals surface area contributed by atoms with Crippen molar-refractivity contribution in [2.45, 2.75) is 39.7 Å². The number of aromatic nitrogens is 1. The van der Waals surface area contributed by atoms with Crippen LogP contribution in [-0.2, 0) is 6.54 Å². The van der Waals surface area contributed by atoms with Crippen molar-refractivity contribution in [1.82, 2.24) is 4.98 Å². The Morgan fingerprint density at radius 1 is 1.53 bits per heavy atom. The molecule has 1 atom stereocenters. The van der Waals surface area contributed by atoms with Crippen LogP contribution in [0.25, 0.3) is 0 Å². The molecular weight excluding hydrogens is 210 g/mol. The predicted molar refractivity (Wildman–Crippen MR) is 72.1 cm³/mol. The SMILES string of the molecule is CCC1CCCN(c2cc(C)ncc2CN)C1. The Balaban J connectivity index is 2.22. The summed E-state index contributed by atoms with van der Waals surface area (Å²) >= 11 is 0. The van der Waals surface area contributed by atoms with Crippen LogP contribution in [0.2, 0.25) is 0 Å². The summed E-state index contributed by atoms with van der Waals surface area (Å²) in [6, 6.07) is 2.18. The van der Waals surface area contributed by atoms with Gasteiger partial charge in [0, 0.05) is 42.8 Å². The first-order valence-electron chi connectivity index (χ1n) is 6.65. The van der Waals surface area contributed by atoms with Crippen molar-refractivity contribution in [2.75, 3.05) is 18.0 Å². The molecule has 1 fully saturated rings. The Bertz CT molecular complexity index is 376. The normalized spacial score (nSPS) is 20.6. The van der Waals surface area contributed by atoms with E-state index < -0.39 is 0 Å². The van der Waals surface area contributed by atoms with Crippen LogP contribution in [0, 0.1) is 12.8 Å². The summed E-state index contributed by atoms with van der Waals surface area (Å²) in [5.41, 5.74) is 9.36. The van der Waals surface area contributed by atoms with E-state index >= 15 is 0 Å². The molecule has 0 amide bonds. The van der Waals surface area contributed by atoms with Gasteiger partial charge in [-0.05, 0) is 31.7 Å². The lowest BCUT2D eigenvalue weighted by Crippen LogP contribution is -2.36. The molecule has 1 saturated heterocycles. The number of hydrogen-bond donors (Lipinski definition) is 1. The van der Waals surface area contributed by atoms with Gasteiger partial charge < -0.3 is 10.6 Å². The summed E-state index contributed by atoms with van der Waals surface area (Å²) in [7, 11) is 0. The molecule has 1 aromatic heterocycles. The number of rotatable bonds is 3. The number of aryl methyl sites for hydroxylation is 1. The van der Waals surface area contributed by atoms with E-state index in [2.05, 4.69) is 22.9 Å². The Hall–Kier alpha value is -1.09. The summed E-state index contributed by atoms with van der Waals surface area (Å²) in [5, 5.41) is 0. The number of hydrogen-bond acceptors (Lipinski definition) is 3. The monoisotopic (exact) mass is 233 g/mol. The summed E-state index contributed by atoms with van der Waals surface area (Å²) < 4.78 is 0. The lowest BCUT2D eigenvalue weighted by atomic mass is 9.95. The fourth-order valence-corrected chi connectivity index (χ4v) is 2.64. The van der Waals surface area contributed by atoms with Gasteiger partial charge in [0.2, 0.25) is 0 Å². The first kappa shape index (κ1) is 12.4. The minimum atomic E-state index is 0.579. The lowest BCUT2D eigenvalue weighted by molar-refractivity contribution is 0.404. The summed E-state index contributed by atoms with van der Waals surface area (Å²) in [5.74, 6) is 0.836. The van der Waals surface area contributed by atoms with Gasteiger partial charge in [-0.1, -0.05) is 13.3 Å². The van der Waals surface area contributed by atoms with Gasteiger partial charge in [-0.3, -0.25) is 4.98 Å². The van der Waals surface area contributed by atoms with Gasteiger partial charge in [0.25, 0.3) is 0 Å². The molecule has 0 radical (unpaired) electrons. The number of nitrogens with two attached hydrogens (primary N) is 1. The highest BCUT2D eigenvalue weighted by Gasteiger charge is 2.20. The van der Waals surface area contributed by atoms with Gasteiger partial charge in [0.05, 0.1) is 0 Å². The second-order valence-electron chi connectivity index (χ2n) is 5.02. The topological polar surface area (TPSA) is 42.2 Å². The smallest absolute Gasteiger partial charge is 0.0445 e. The minimum Gasteiger partial charge on any atom is -0.371 e. The largest absolute Gasteiger partial charge is 0.371 e. The zero-order chi connectivity index (χ0) is 12.3. The molecule has 3 heteroatoms. The van der Waals surface area contributed by atoms with Crippen molar-refractivity contribution in [1.29, 1.82) is 0 Å². The molecule has 0 bridgehead atoms. The minimum absolute atomic E-state index is 0.579. The molecule has 1 aromatic rings. The summed E-state index contributed by atoms with van der Waals surface area (Å²) in [6.45, 7) is 7.25. The van der Waals surface area contributed by atoms with Crippen molar-refractivity contribution in [2.24, 2.45) is 11.7 Å². The van der Waals surface area contributed by atoms with E-state index in [1.807, 2.05) is 13.1 Å². The molecule has 17 heavy (non-hydrogen) atoms. The number of anilines is 1. The van der Waals surface area contributed by atoms with Gasteiger partial charge in [-0.25, -0.2) is 0 Å². The van der Waals surface area contributed by atoms with E-state index in [1.54, 1.807) is 0 Å². The molecule has 1 unspecified atom stereocenters. The molecule has 94 valence electrons. The molecule has 2 N–H and O–H groups in total. The fourth-order valence-electron chi connectivity index (χ4n) is 2.64. The molecule has 3 nitrogen and oxygen atoms in total. The first-order valence-corrected chi connectivity index (χ1v) is 6.65. The highest BCUT2D eigenvalue weighted by molar-refractivity contribution is 5.54. The fraction of sp³-hybridized carbons (Fsp3) is 0.643. The maximum absolute atomic E-state index is 5.81. The van der Waals surface area contributed by atoms with Crippen molar-refractivity contribution < 1.29 is 0 Å². The van der Waals surface area contributed by atoms with E-state index in [9.17, 15) is 0 Å². The van der Waals surface area contributed by atoms with Gasteiger partial charge in [-0.2, -0.15) is 0 Å². The van der Waals surface area contributed by atoms with E-state index in [-0.39, 0.29) is 0 Å². The van der Waals surface area contributed by atoms with Crippen LogP contribution in [0.4, 0.5) is 5.69 Å². The second-order valence-corrected chi connectivity index (χ2v) is 5.02. The van der Waals surface area contributed by atoms with Gasteiger partial charge >= 0.3 is 0 Å². The zero-order valence-electron chi connectivity index (χ0n) is 10.9. The quantitative estimate of drug-likeness (QED) is 0.872. The van der Waals surface area contributed by atoms with E-state index in [4.69, 9.17) is 5.73 Å². The molecule has 2 rings (SSSR count). The third-order valence-electron chi connectivity index (χ3n) is 3.76. The van der Waals surface area contributed by atoms with Crippen molar-refractivity contribution in [3.05, 3.63) is 23.5 Å². The van der Waals surface area contributed by atoms with Crippen LogP contribution in [0.1, 0.15) is 37.4 Å². The third kappa shape index (κ3) is 2.78. The Labute approximate surface area is 104 Å². The van der Waals surface area contributed by atoms with Crippen molar-refractivity contribution >= 4 is 5.69 Å². The maximum atomic E-state index is 5.81. The Kier molecular flexibility index (Phi) is 4.00. The second kappa shape index (κ2) is 5.50. The Morgan fingerprint density at radius 3 is 3.06 bits per heavy atom. The molecule has 1 aliphatic heterocycles. The first-order chi connectivity index (χ1) is 8.24. The molecule has 2 heterocycles. The summed E-state index contributed by atoms with van der Waals surface area (Å²) in [4.78, 5) is 6.83. The Morgan fingerprint density at radius 2 is 2.35 bits per heavy atom. The number of piperidine rings is 1. The van der Waals surface area contributed by atoms with Crippen LogP contribution >= 0.6 is 0 Å². The van der Waals surface area contributed by atoms with Crippen molar-refractivity contribution in [3.63, 3.8) is 0 Å². The van der Waals surface area contributed by atoms with Crippen LogP contribution in [0.5, 0.6) is 0 Å². The standard InChI is InChI=1S/C14H23N3/c1-3-12-5-4-6-17(10-12)14-7-11(2)16-9-13(14)8-15/h7,9,12H,3-6,8,10,15H2,1-2H3. The predicted octanol–water partition coefficient (Wildman–Crippen LogP) is 2.48. The van der Waals surface area contributed by atoms with Gasteiger partial charge in [-0.15, -0.1) is 0 Å². The van der Waals surface area contributed by atoms with Crippen molar-refractivity contribution in [3.8, 4) is 0 Å². The number of pyridine rings is 1. The molecular formula is C14H23N3. The van der Waals surface area contributed by atoms with Crippen LogP contribution in [0.15, 0.2) is 12.3 Å². The van der Waals surface area contributed by atoms with Gasteiger partial charge in [0.1, 0.15) is 0 Å². The van der Waals surface area contributed by atoms with E-state index in [0.29, 0.717) is 6.54 Å². The van der Waals surface area contributed by atoms with Crippen LogP contribution < -0.4 is 10.6 Å². The molecule has 1 aliphatic rings.